The minimum absolute atomic E-state index is 0.0420. The number of halogens is 3. The maximum atomic E-state index is 15.3. The summed E-state index contributed by atoms with van der Waals surface area (Å²) >= 11 is 11.9. The van der Waals surface area contributed by atoms with Gasteiger partial charge in [0.2, 0.25) is 5.91 Å². The van der Waals surface area contributed by atoms with Gasteiger partial charge in [0.05, 0.1) is 36.5 Å². The first-order valence-corrected chi connectivity index (χ1v) is 14.8. The Morgan fingerprint density at radius 1 is 1.21 bits per heavy atom. The quantitative estimate of drug-likeness (QED) is 0.456. The number of nitriles is 1. The number of benzene rings is 1. The van der Waals surface area contributed by atoms with Gasteiger partial charge in [-0.2, -0.15) is 5.26 Å². The van der Waals surface area contributed by atoms with Crippen LogP contribution >= 0.6 is 23.2 Å². The van der Waals surface area contributed by atoms with E-state index >= 15 is 4.39 Å². The molecule has 226 valence electrons. The van der Waals surface area contributed by atoms with E-state index in [1.165, 1.54) is 17.2 Å². The molecule has 1 aromatic carbocycles. The largest absolute Gasteiger partial charge is 0.444 e. The Labute approximate surface area is 258 Å². The van der Waals surface area contributed by atoms with E-state index in [1.807, 2.05) is 20.8 Å². The number of fused-ring (bicyclic) bond motifs is 1. The Balaban J connectivity index is 1.08. The molecule has 2 aliphatic carbocycles. The smallest absolute Gasteiger partial charge is 0.414 e. The number of pyridine rings is 1. The van der Waals surface area contributed by atoms with Crippen LogP contribution in [0.1, 0.15) is 32.9 Å². The molecule has 1 aromatic heterocycles. The van der Waals surface area contributed by atoms with Gasteiger partial charge in [0.1, 0.15) is 27.3 Å². The number of carbonyl (C=O) groups excluding carboxylic acids is 3. The maximum Gasteiger partial charge on any atom is 0.414 e. The average molecular weight is 631 g/mol. The van der Waals surface area contributed by atoms with Gasteiger partial charge in [0.15, 0.2) is 0 Å². The van der Waals surface area contributed by atoms with Crippen LogP contribution < -0.4 is 10.2 Å². The summed E-state index contributed by atoms with van der Waals surface area (Å²) in [7, 11) is 0. The fourth-order valence-corrected chi connectivity index (χ4v) is 6.59. The van der Waals surface area contributed by atoms with E-state index in [4.69, 9.17) is 32.7 Å². The number of nitrogens with one attached hydrogen (secondary N) is 1. The summed E-state index contributed by atoms with van der Waals surface area (Å²) in [5.74, 6) is -1.43. The predicted molar refractivity (Wildman–Crippen MR) is 155 cm³/mol. The Morgan fingerprint density at radius 2 is 1.91 bits per heavy atom. The molecule has 13 heteroatoms. The molecule has 0 bridgehead atoms. The van der Waals surface area contributed by atoms with Gasteiger partial charge >= 0.3 is 12.2 Å². The van der Waals surface area contributed by atoms with Crippen molar-refractivity contribution in [1.82, 2.24) is 15.2 Å². The number of nitrogens with zero attached hydrogens (tertiary/aromatic N) is 4. The number of cyclic esters (lactones) is 1. The lowest BCUT2D eigenvalue weighted by Crippen LogP contribution is -2.39. The number of rotatable bonds is 6. The number of alkyl halides is 2. The molecule has 3 unspecified atom stereocenters. The molecule has 3 amide bonds. The molecule has 0 spiro atoms. The fraction of sp³-hybridized carbons (Fsp3) is 0.500. The van der Waals surface area contributed by atoms with Gasteiger partial charge in [-0.3, -0.25) is 14.7 Å². The van der Waals surface area contributed by atoms with Gasteiger partial charge in [-0.15, -0.1) is 23.2 Å². The molecule has 2 aliphatic heterocycles. The lowest BCUT2D eigenvalue weighted by atomic mass is 9.95. The number of piperidine rings is 1. The number of aromatic nitrogens is 1. The summed E-state index contributed by atoms with van der Waals surface area (Å²) in [4.78, 5) is 44.5. The van der Waals surface area contributed by atoms with E-state index in [2.05, 4.69) is 16.4 Å². The number of hydrogen-bond acceptors (Lipinski definition) is 7. The van der Waals surface area contributed by atoms with E-state index in [9.17, 15) is 19.6 Å². The molecule has 2 saturated heterocycles. The van der Waals surface area contributed by atoms with Gasteiger partial charge < -0.3 is 19.7 Å². The summed E-state index contributed by atoms with van der Waals surface area (Å²) < 4.78 is 25.0. The van der Waals surface area contributed by atoms with Crippen LogP contribution in [-0.4, -0.2) is 70.2 Å². The van der Waals surface area contributed by atoms with Gasteiger partial charge in [0.25, 0.3) is 0 Å². The zero-order valence-electron chi connectivity index (χ0n) is 23.8. The molecule has 3 heterocycles. The summed E-state index contributed by atoms with van der Waals surface area (Å²) in [6.45, 7) is 6.49. The van der Waals surface area contributed by atoms with Crippen molar-refractivity contribution in [3.8, 4) is 17.2 Å². The highest BCUT2D eigenvalue weighted by Crippen LogP contribution is 2.63. The third-order valence-corrected chi connectivity index (χ3v) is 9.34. The van der Waals surface area contributed by atoms with Gasteiger partial charge in [-0.05, 0) is 51.5 Å². The number of anilines is 1. The number of carbonyl (C=O) groups is 3. The second kappa shape index (κ2) is 10.2. The molecule has 4 fully saturated rings. The van der Waals surface area contributed by atoms with Gasteiger partial charge in [-0.25, -0.2) is 14.0 Å². The number of hydrogen-bond donors (Lipinski definition) is 1. The molecular formula is C30H30Cl2FN5O5. The Kier molecular flexibility index (Phi) is 7.01. The van der Waals surface area contributed by atoms with Crippen molar-refractivity contribution in [1.29, 1.82) is 5.26 Å². The number of likely N-dealkylation sites (tertiary alicyclic amines) is 1. The Bertz CT molecular complexity index is 1530. The van der Waals surface area contributed by atoms with Crippen molar-refractivity contribution >= 4 is 47.0 Å². The molecule has 10 nitrogen and oxygen atoms in total. The van der Waals surface area contributed by atoms with Crippen LogP contribution in [0.4, 0.5) is 19.7 Å². The number of amides is 3. The molecule has 4 atom stereocenters. The van der Waals surface area contributed by atoms with E-state index in [0.29, 0.717) is 36.5 Å². The molecule has 43 heavy (non-hydrogen) atoms. The first-order valence-electron chi connectivity index (χ1n) is 14.0. The van der Waals surface area contributed by atoms with Crippen molar-refractivity contribution in [3.05, 3.63) is 48.0 Å². The van der Waals surface area contributed by atoms with E-state index < -0.39 is 39.3 Å². The molecule has 0 radical (unpaired) electrons. The minimum atomic E-state index is -1.04. The summed E-state index contributed by atoms with van der Waals surface area (Å²) in [6, 6.07) is 10.3. The molecule has 2 saturated carbocycles. The zero-order chi connectivity index (χ0) is 30.9. The van der Waals surface area contributed by atoms with Crippen LogP contribution in [0.15, 0.2) is 36.5 Å². The highest BCUT2D eigenvalue weighted by molar-refractivity contribution is 6.52. The summed E-state index contributed by atoms with van der Waals surface area (Å²) in [5.41, 5.74) is 0.322. The van der Waals surface area contributed by atoms with Crippen molar-refractivity contribution in [2.45, 2.75) is 48.6 Å². The highest BCUT2D eigenvalue weighted by atomic mass is 35.5. The fourth-order valence-electron chi connectivity index (χ4n) is 6.09. The van der Waals surface area contributed by atoms with Gasteiger partial charge in [0, 0.05) is 42.2 Å². The van der Waals surface area contributed by atoms with E-state index in [1.54, 1.807) is 29.2 Å². The average Bonchev–Trinajstić information content (AvgIpc) is 3.57. The second-order valence-corrected chi connectivity index (χ2v) is 14.1. The Hall–Kier alpha value is -3.62. The SMILES string of the molecule is CC(C)(C)OC(=O)N1CC2C(C1)C2(C#N)c1ccc(-c2ccc(N3C[C@H](CNC(=O)C4CC4(Cl)Cl)OC3=O)cc2F)cn1. The third-order valence-electron chi connectivity index (χ3n) is 8.50. The lowest BCUT2D eigenvalue weighted by molar-refractivity contribution is -0.122. The molecule has 2 aromatic rings. The van der Waals surface area contributed by atoms with Crippen molar-refractivity contribution in [3.63, 3.8) is 0 Å². The predicted octanol–water partition coefficient (Wildman–Crippen LogP) is 4.78. The summed E-state index contributed by atoms with van der Waals surface area (Å²) in [6.07, 6.45) is 0.263. The highest BCUT2D eigenvalue weighted by Gasteiger charge is 2.71. The van der Waals surface area contributed by atoms with Crippen LogP contribution in [-0.2, 0) is 19.7 Å². The second-order valence-electron chi connectivity index (χ2n) is 12.6. The first-order chi connectivity index (χ1) is 20.2. The summed E-state index contributed by atoms with van der Waals surface area (Å²) in [5, 5.41) is 12.8. The monoisotopic (exact) mass is 629 g/mol. The topological polar surface area (TPSA) is 125 Å². The van der Waals surface area contributed by atoms with Crippen molar-refractivity contribution in [2.75, 3.05) is 31.1 Å². The van der Waals surface area contributed by atoms with Crippen LogP contribution in [0.3, 0.4) is 0 Å². The lowest BCUT2D eigenvalue weighted by Gasteiger charge is -2.27. The maximum absolute atomic E-state index is 15.3. The van der Waals surface area contributed by atoms with Crippen LogP contribution in [0.25, 0.3) is 11.1 Å². The third kappa shape index (κ3) is 5.36. The normalized spacial score (nSPS) is 28.5. The van der Waals surface area contributed by atoms with Crippen molar-refractivity contribution in [2.24, 2.45) is 17.8 Å². The van der Waals surface area contributed by atoms with Gasteiger partial charge in [-0.1, -0.05) is 6.07 Å². The number of ether oxygens (including phenoxy) is 2. The molecular weight excluding hydrogens is 600 g/mol. The Morgan fingerprint density at radius 3 is 2.47 bits per heavy atom. The van der Waals surface area contributed by atoms with E-state index in [-0.39, 0.29) is 42.5 Å². The first kappa shape index (κ1) is 29.5. The standard InChI is InChI=1S/C30H30Cl2FN5O5/c1-28(2,3)43-26(40)37-13-21-22(14-37)29(21,15-34)24-7-4-16(10-35-24)19-6-5-17(8-23(19)33)38-12-18(42-27(38)41)11-36-25(39)20-9-30(20,31)32/h4-8,10,18,20-22H,9,11-14H2,1-3H3,(H,36,39)/t18-,20?,21?,22?,29?/m0/s1. The molecule has 1 N–H and O–H groups in total. The van der Waals surface area contributed by atoms with Crippen LogP contribution in [0, 0.1) is 34.9 Å². The zero-order valence-corrected chi connectivity index (χ0v) is 25.3. The molecule has 4 aliphatic rings. The van der Waals surface area contributed by atoms with Crippen molar-refractivity contribution < 1.29 is 28.2 Å². The van der Waals surface area contributed by atoms with Crippen LogP contribution in [0.5, 0.6) is 0 Å². The van der Waals surface area contributed by atoms with E-state index in [0.717, 1.165) is 0 Å². The van der Waals surface area contributed by atoms with Crippen LogP contribution in [0.2, 0.25) is 0 Å². The minimum Gasteiger partial charge on any atom is -0.444 e. The molecule has 6 rings (SSSR count).